The van der Waals surface area contributed by atoms with Gasteiger partial charge in [0, 0.05) is 12.1 Å². The summed E-state index contributed by atoms with van der Waals surface area (Å²) in [5.41, 5.74) is 1.94. The fourth-order valence-electron chi connectivity index (χ4n) is 2.82. The number of benzene rings is 1. The van der Waals surface area contributed by atoms with Gasteiger partial charge in [0.15, 0.2) is 11.5 Å². The lowest BCUT2D eigenvalue weighted by Gasteiger charge is -2.24. The van der Waals surface area contributed by atoms with Gasteiger partial charge in [0.1, 0.15) is 5.52 Å². The highest BCUT2D eigenvalue weighted by atomic mass is 16.4. The van der Waals surface area contributed by atoms with E-state index in [4.69, 9.17) is 4.42 Å². The smallest absolute Gasteiger partial charge is 0.307 e. The lowest BCUT2D eigenvalue weighted by molar-refractivity contribution is -0.146. The SMILES string of the molecule is CCc1nc2cc(NC(=O)[C@@H]3CC=CC[C@H]3C(=O)O)ccc2o1. The molecule has 2 N–H and O–H groups in total. The number of aromatic nitrogens is 1. The minimum absolute atomic E-state index is 0.277. The second-order valence-corrected chi connectivity index (χ2v) is 5.63. The van der Waals surface area contributed by atoms with Gasteiger partial charge in [0.25, 0.3) is 0 Å². The number of carboxylic acid groups (broad SMARTS) is 1. The highest BCUT2D eigenvalue weighted by Gasteiger charge is 2.33. The van der Waals surface area contributed by atoms with E-state index in [-0.39, 0.29) is 5.91 Å². The molecule has 6 nitrogen and oxygen atoms in total. The number of rotatable bonds is 4. The summed E-state index contributed by atoms with van der Waals surface area (Å²) in [6.07, 6.45) is 5.20. The van der Waals surface area contributed by atoms with Crippen LogP contribution in [0.2, 0.25) is 0 Å². The molecular weight excluding hydrogens is 296 g/mol. The molecule has 0 fully saturated rings. The Balaban J connectivity index is 1.79. The third-order valence-corrected chi connectivity index (χ3v) is 4.09. The summed E-state index contributed by atoms with van der Waals surface area (Å²) in [5, 5.41) is 12.1. The third kappa shape index (κ3) is 3.11. The molecule has 23 heavy (non-hydrogen) atoms. The number of amides is 1. The Morgan fingerprint density at radius 3 is 2.74 bits per heavy atom. The van der Waals surface area contributed by atoms with Crippen molar-refractivity contribution >= 4 is 28.7 Å². The van der Waals surface area contributed by atoms with Gasteiger partial charge in [-0.2, -0.15) is 0 Å². The van der Waals surface area contributed by atoms with E-state index in [2.05, 4.69) is 10.3 Å². The fourth-order valence-corrected chi connectivity index (χ4v) is 2.82. The standard InChI is InChI=1S/C17H18N2O4/c1-2-15-19-13-9-10(7-8-14(13)23-15)18-16(20)11-5-3-4-6-12(11)17(21)22/h3-4,7-9,11-12H,2,5-6H2,1H3,(H,18,20)(H,21,22)/t11-,12-/m1/s1. The Morgan fingerprint density at radius 1 is 1.30 bits per heavy atom. The van der Waals surface area contributed by atoms with E-state index in [1.54, 1.807) is 18.2 Å². The number of carbonyl (C=O) groups is 2. The van der Waals surface area contributed by atoms with Crippen LogP contribution in [0.25, 0.3) is 11.1 Å². The van der Waals surface area contributed by atoms with Gasteiger partial charge in [-0.1, -0.05) is 19.1 Å². The van der Waals surface area contributed by atoms with Crippen LogP contribution < -0.4 is 5.32 Å². The highest BCUT2D eigenvalue weighted by molar-refractivity contribution is 5.96. The molecule has 1 heterocycles. The van der Waals surface area contributed by atoms with Gasteiger partial charge in [-0.15, -0.1) is 0 Å². The fraction of sp³-hybridized carbons (Fsp3) is 0.353. The Labute approximate surface area is 133 Å². The maximum atomic E-state index is 12.4. The molecule has 0 unspecified atom stereocenters. The van der Waals surface area contributed by atoms with Crippen LogP contribution in [0.1, 0.15) is 25.7 Å². The predicted molar refractivity (Wildman–Crippen MR) is 85.0 cm³/mol. The lowest BCUT2D eigenvalue weighted by atomic mass is 9.82. The number of fused-ring (bicyclic) bond motifs is 1. The molecule has 0 saturated heterocycles. The summed E-state index contributed by atoms with van der Waals surface area (Å²) >= 11 is 0. The van der Waals surface area contributed by atoms with Crippen LogP contribution in [0.15, 0.2) is 34.8 Å². The van der Waals surface area contributed by atoms with Gasteiger partial charge < -0.3 is 14.8 Å². The van der Waals surface area contributed by atoms with Gasteiger partial charge in [0.05, 0.1) is 11.8 Å². The van der Waals surface area contributed by atoms with Crippen LogP contribution in [-0.2, 0) is 16.0 Å². The van der Waals surface area contributed by atoms with Gasteiger partial charge in [0.2, 0.25) is 5.91 Å². The van der Waals surface area contributed by atoms with Crippen LogP contribution in [0.5, 0.6) is 0 Å². The third-order valence-electron chi connectivity index (χ3n) is 4.09. The van der Waals surface area contributed by atoms with Crippen molar-refractivity contribution in [2.45, 2.75) is 26.2 Å². The van der Waals surface area contributed by atoms with E-state index in [1.807, 2.05) is 19.1 Å². The van der Waals surface area contributed by atoms with Crippen LogP contribution in [0.3, 0.4) is 0 Å². The van der Waals surface area contributed by atoms with Crippen molar-refractivity contribution in [3.63, 3.8) is 0 Å². The van der Waals surface area contributed by atoms with E-state index < -0.39 is 17.8 Å². The van der Waals surface area contributed by atoms with Crippen molar-refractivity contribution in [2.75, 3.05) is 5.32 Å². The maximum Gasteiger partial charge on any atom is 0.307 e. The highest BCUT2D eigenvalue weighted by Crippen LogP contribution is 2.28. The Bertz CT molecular complexity index is 778. The van der Waals surface area contributed by atoms with Crippen LogP contribution in [0.4, 0.5) is 5.69 Å². The van der Waals surface area contributed by atoms with Crippen LogP contribution in [-0.4, -0.2) is 22.0 Å². The summed E-state index contributed by atoms with van der Waals surface area (Å²) in [4.78, 5) is 28.1. The lowest BCUT2D eigenvalue weighted by Crippen LogP contribution is -2.34. The summed E-state index contributed by atoms with van der Waals surface area (Å²) in [7, 11) is 0. The van der Waals surface area contributed by atoms with Crippen LogP contribution >= 0.6 is 0 Å². The summed E-state index contributed by atoms with van der Waals surface area (Å²) in [6.45, 7) is 1.95. The number of hydrogen-bond acceptors (Lipinski definition) is 4. The van der Waals surface area contributed by atoms with Crippen molar-refractivity contribution in [3.05, 3.63) is 36.2 Å². The zero-order valence-electron chi connectivity index (χ0n) is 12.8. The monoisotopic (exact) mass is 314 g/mol. The number of carbonyl (C=O) groups excluding carboxylic acids is 1. The number of allylic oxidation sites excluding steroid dienone is 2. The quantitative estimate of drug-likeness (QED) is 0.846. The van der Waals surface area contributed by atoms with E-state index >= 15 is 0 Å². The second-order valence-electron chi connectivity index (χ2n) is 5.63. The topological polar surface area (TPSA) is 92.4 Å². The molecule has 0 spiro atoms. The molecule has 0 aliphatic heterocycles. The predicted octanol–water partition coefficient (Wildman–Crippen LogP) is 3.00. The molecule has 0 radical (unpaired) electrons. The molecule has 0 bridgehead atoms. The second kappa shape index (κ2) is 6.24. The van der Waals surface area contributed by atoms with E-state index in [0.717, 1.165) is 0 Å². The number of anilines is 1. The maximum absolute atomic E-state index is 12.4. The zero-order valence-corrected chi connectivity index (χ0v) is 12.8. The van der Waals surface area contributed by atoms with Crippen molar-refractivity contribution < 1.29 is 19.1 Å². The van der Waals surface area contributed by atoms with E-state index in [0.29, 0.717) is 41.9 Å². The first-order chi connectivity index (χ1) is 11.1. The molecule has 1 aromatic heterocycles. The number of nitrogens with zero attached hydrogens (tertiary/aromatic N) is 1. The molecular formula is C17H18N2O4. The zero-order chi connectivity index (χ0) is 16.4. The van der Waals surface area contributed by atoms with Gasteiger partial charge in [-0.05, 0) is 31.0 Å². The van der Waals surface area contributed by atoms with Crippen molar-refractivity contribution in [2.24, 2.45) is 11.8 Å². The van der Waals surface area contributed by atoms with Crippen molar-refractivity contribution in [3.8, 4) is 0 Å². The van der Waals surface area contributed by atoms with Gasteiger partial charge in [-0.25, -0.2) is 4.98 Å². The molecule has 1 amide bonds. The molecule has 120 valence electrons. The molecule has 0 saturated carbocycles. The first-order valence-corrected chi connectivity index (χ1v) is 7.66. The van der Waals surface area contributed by atoms with E-state index in [9.17, 15) is 14.7 Å². The largest absolute Gasteiger partial charge is 0.481 e. The number of carboxylic acids is 1. The minimum Gasteiger partial charge on any atom is -0.481 e. The molecule has 1 aromatic carbocycles. The van der Waals surface area contributed by atoms with Gasteiger partial charge in [-0.3, -0.25) is 9.59 Å². The Kier molecular flexibility index (Phi) is 4.14. The normalized spacial score (nSPS) is 20.6. The molecule has 2 atom stereocenters. The molecule has 3 rings (SSSR count). The van der Waals surface area contributed by atoms with Crippen molar-refractivity contribution in [1.82, 2.24) is 4.98 Å². The Morgan fingerprint density at radius 2 is 2.04 bits per heavy atom. The van der Waals surface area contributed by atoms with E-state index in [1.165, 1.54) is 0 Å². The summed E-state index contributed by atoms with van der Waals surface area (Å²) in [5.74, 6) is -1.81. The number of aryl methyl sites for hydroxylation is 1. The molecule has 1 aliphatic carbocycles. The Hall–Kier alpha value is -2.63. The molecule has 6 heteroatoms. The first kappa shape index (κ1) is 15.3. The average molecular weight is 314 g/mol. The first-order valence-electron chi connectivity index (χ1n) is 7.66. The van der Waals surface area contributed by atoms with Gasteiger partial charge >= 0.3 is 5.97 Å². The minimum atomic E-state index is -0.936. The summed E-state index contributed by atoms with van der Waals surface area (Å²) < 4.78 is 5.53. The number of hydrogen-bond donors (Lipinski definition) is 2. The number of oxazole rings is 1. The van der Waals surface area contributed by atoms with Crippen molar-refractivity contribution in [1.29, 1.82) is 0 Å². The number of nitrogens with one attached hydrogen (secondary N) is 1. The molecule has 2 aromatic rings. The van der Waals surface area contributed by atoms with Crippen LogP contribution in [0, 0.1) is 11.8 Å². The molecule has 1 aliphatic rings. The summed E-state index contributed by atoms with van der Waals surface area (Å²) in [6, 6.07) is 5.23. The number of aliphatic carboxylic acids is 1. The average Bonchev–Trinajstić information content (AvgIpc) is 2.97.